The van der Waals surface area contributed by atoms with Crippen molar-refractivity contribution in [3.8, 4) is 0 Å². The molecule has 3 N–H and O–H groups in total. The monoisotopic (exact) mass is 340 g/mol. The van der Waals surface area contributed by atoms with Crippen molar-refractivity contribution in [3.63, 3.8) is 0 Å². The Balaban J connectivity index is 2.23. The van der Waals surface area contributed by atoms with Gasteiger partial charge < -0.3 is 5.73 Å². The number of hydrogen-bond donors (Lipinski definition) is 2. The van der Waals surface area contributed by atoms with Crippen LogP contribution >= 0.6 is 35.0 Å². The minimum absolute atomic E-state index is 0.0333. The molecule has 1 aliphatic carbocycles. The Labute approximate surface area is 127 Å². The van der Waals surface area contributed by atoms with Gasteiger partial charge in [0.25, 0.3) is 0 Å². The van der Waals surface area contributed by atoms with Gasteiger partial charge in [-0.25, -0.2) is 13.1 Å². The summed E-state index contributed by atoms with van der Waals surface area (Å²) < 4.78 is 27.0. The quantitative estimate of drug-likeness (QED) is 0.808. The van der Waals surface area contributed by atoms with E-state index in [9.17, 15) is 8.42 Å². The summed E-state index contributed by atoms with van der Waals surface area (Å²) in [5.74, 6) is 0. The van der Waals surface area contributed by atoms with E-state index in [0.29, 0.717) is 6.54 Å². The predicted molar refractivity (Wildman–Crippen MR) is 81.5 cm³/mol. The van der Waals surface area contributed by atoms with E-state index >= 15 is 0 Å². The summed E-state index contributed by atoms with van der Waals surface area (Å²) in [5.41, 5.74) is 5.72. The van der Waals surface area contributed by atoms with E-state index in [2.05, 4.69) is 4.72 Å². The van der Waals surface area contributed by atoms with E-state index in [1.165, 1.54) is 12.1 Å². The maximum atomic E-state index is 12.2. The average Bonchev–Trinajstić information content (AvgIpc) is 3.14. The van der Waals surface area contributed by atoms with Crippen molar-refractivity contribution in [2.75, 3.05) is 18.5 Å². The average molecular weight is 341 g/mol. The lowest BCUT2D eigenvalue weighted by atomic mass is 10.3. The SMILES string of the molecule is CSC1(CNS(=O)(=O)c2ccc(Cl)c(N)c2Cl)CC1. The molecule has 106 valence electrons. The summed E-state index contributed by atoms with van der Waals surface area (Å²) in [6.45, 7) is 0.398. The van der Waals surface area contributed by atoms with Crippen LogP contribution in [0.25, 0.3) is 0 Å². The molecule has 0 bridgehead atoms. The van der Waals surface area contributed by atoms with Crippen molar-refractivity contribution >= 4 is 50.7 Å². The highest BCUT2D eigenvalue weighted by Crippen LogP contribution is 2.46. The highest BCUT2D eigenvalue weighted by atomic mass is 35.5. The van der Waals surface area contributed by atoms with Crippen LogP contribution in [-0.4, -0.2) is 26.0 Å². The molecular weight excluding hydrogens is 327 g/mol. The molecule has 0 aromatic heterocycles. The molecule has 0 aliphatic heterocycles. The molecule has 1 aromatic rings. The molecule has 2 rings (SSSR count). The number of nitrogen functional groups attached to an aromatic ring is 1. The first-order valence-electron chi connectivity index (χ1n) is 5.60. The van der Waals surface area contributed by atoms with E-state index < -0.39 is 10.0 Å². The number of nitrogens with two attached hydrogens (primary N) is 1. The number of nitrogens with one attached hydrogen (secondary N) is 1. The van der Waals surface area contributed by atoms with Crippen molar-refractivity contribution in [2.45, 2.75) is 22.5 Å². The Morgan fingerprint density at radius 1 is 1.42 bits per heavy atom. The summed E-state index contributed by atoms with van der Waals surface area (Å²) >= 11 is 13.4. The van der Waals surface area contributed by atoms with Crippen LogP contribution in [0.1, 0.15) is 12.8 Å². The molecule has 0 atom stereocenters. The van der Waals surface area contributed by atoms with Gasteiger partial charge in [-0.3, -0.25) is 0 Å². The van der Waals surface area contributed by atoms with Crippen LogP contribution in [0, 0.1) is 0 Å². The first kappa shape index (κ1) is 15.3. The first-order chi connectivity index (χ1) is 8.81. The summed E-state index contributed by atoms with van der Waals surface area (Å²) in [5, 5.41) is 0.209. The van der Waals surface area contributed by atoms with Crippen LogP contribution in [0.2, 0.25) is 10.0 Å². The maximum Gasteiger partial charge on any atom is 0.242 e. The Morgan fingerprint density at radius 2 is 2.05 bits per heavy atom. The molecule has 1 aliphatic rings. The van der Waals surface area contributed by atoms with Gasteiger partial charge in [-0.05, 0) is 31.2 Å². The van der Waals surface area contributed by atoms with Gasteiger partial charge in [-0.2, -0.15) is 11.8 Å². The van der Waals surface area contributed by atoms with Gasteiger partial charge in [-0.15, -0.1) is 0 Å². The third-order valence-corrected chi connectivity index (χ3v) is 6.92. The second-order valence-corrected chi connectivity index (χ2v) is 8.28. The Kier molecular flexibility index (Phi) is 4.28. The van der Waals surface area contributed by atoms with Gasteiger partial charge >= 0.3 is 0 Å². The van der Waals surface area contributed by atoms with E-state index in [1.54, 1.807) is 11.8 Å². The molecule has 4 nitrogen and oxygen atoms in total. The van der Waals surface area contributed by atoms with Crippen LogP contribution in [-0.2, 0) is 10.0 Å². The minimum atomic E-state index is -3.67. The maximum absolute atomic E-state index is 12.2. The number of halogens is 2. The number of sulfonamides is 1. The molecule has 1 fully saturated rings. The fourth-order valence-corrected chi connectivity index (χ4v) is 4.36. The lowest BCUT2D eigenvalue weighted by Gasteiger charge is -2.15. The second kappa shape index (κ2) is 5.33. The van der Waals surface area contributed by atoms with Gasteiger partial charge in [0.05, 0.1) is 15.7 Å². The van der Waals surface area contributed by atoms with Gasteiger partial charge in [0, 0.05) is 11.3 Å². The molecule has 0 spiro atoms. The van der Waals surface area contributed by atoms with Crippen LogP contribution in [0.3, 0.4) is 0 Å². The molecule has 19 heavy (non-hydrogen) atoms. The zero-order chi connectivity index (χ0) is 14.3. The molecule has 0 saturated heterocycles. The molecule has 0 amide bonds. The van der Waals surface area contributed by atoms with E-state index in [1.807, 2.05) is 6.26 Å². The van der Waals surface area contributed by atoms with Crippen molar-refractivity contribution in [1.29, 1.82) is 0 Å². The Morgan fingerprint density at radius 3 is 2.58 bits per heavy atom. The van der Waals surface area contributed by atoms with Gasteiger partial charge in [0.2, 0.25) is 10.0 Å². The number of hydrogen-bond acceptors (Lipinski definition) is 4. The van der Waals surface area contributed by atoms with Crippen molar-refractivity contribution in [3.05, 3.63) is 22.2 Å². The number of rotatable bonds is 5. The third kappa shape index (κ3) is 3.13. The zero-order valence-electron chi connectivity index (χ0n) is 10.2. The van der Waals surface area contributed by atoms with Crippen LogP contribution in [0.15, 0.2) is 17.0 Å². The van der Waals surface area contributed by atoms with Crippen molar-refractivity contribution in [1.82, 2.24) is 4.72 Å². The zero-order valence-corrected chi connectivity index (χ0v) is 13.4. The summed E-state index contributed by atoms with van der Waals surface area (Å²) in [4.78, 5) is -0.0343. The van der Waals surface area contributed by atoms with Gasteiger partial charge in [0.1, 0.15) is 4.90 Å². The highest BCUT2D eigenvalue weighted by molar-refractivity contribution is 8.00. The van der Waals surface area contributed by atoms with Crippen molar-refractivity contribution < 1.29 is 8.42 Å². The number of anilines is 1. The molecule has 8 heteroatoms. The first-order valence-corrected chi connectivity index (χ1v) is 9.06. The van der Waals surface area contributed by atoms with Crippen LogP contribution < -0.4 is 10.5 Å². The van der Waals surface area contributed by atoms with E-state index in [-0.39, 0.29) is 25.4 Å². The van der Waals surface area contributed by atoms with Crippen LogP contribution in [0.4, 0.5) is 5.69 Å². The molecule has 0 unspecified atom stereocenters. The molecule has 0 radical (unpaired) electrons. The fourth-order valence-electron chi connectivity index (χ4n) is 1.65. The molecule has 0 heterocycles. The van der Waals surface area contributed by atoms with E-state index in [4.69, 9.17) is 28.9 Å². The Bertz CT molecular complexity index is 601. The summed E-state index contributed by atoms with van der Waals surface area (Å²) in [6.07, 6.45) is 4.02. The molecule has 1 saturated carbocycles. The van der Waals surface area contributed by atoms with Crippen molar-refractivity contribution in [2.24, 2.45) is 0 Å². The lowest BCUT2D eigenvalue weighted by Crippen LogP contribution is -2.32. The standard InChI is InChI=1S/C11H14Cl2N2O2S2/c1-18-11(4-5-11)6-15-19(16,17)8-3-2-7(12)10(14)9(8)13/h2-3,15H,4-6,14H2,1H3. The predicted octanol–water partition coefficient (Wildman–Crippen LogP) is 2.75. The van der Waals surface area contributed by atoms with Gasteiger partial charge in [0.15, 0.2) is 0 Å². The minimum Gasteiger partial charge on any atom is -0.396 e. The van der Waals surface area contributed by atoms with Crippen LogP contribution in [0.5, 0.6) is 0 Å². The third-order valence-electron chi connectivity index (χ3n) is 3.21. The number of benzene rings is 1. The summed E-state index contributed by atoms with van der Waals surface area (Å²) in [6, 6.07) is 2.79. The summed E-state index contributed by atoms with van der Waals surface area (Å²) in [7, 11) is -3.67. The largest absolute Gasteiger partial charge is 0.396 e. The van der Waals surface area contributed by atoms with E-state index in [0.717, 1.165) is 12.8 Å². The Hall–Kier alpha value is -0.140. The molecular formula is C11H14Cl2N2O2S2. The highest BCUT2D eigenvalue weighted by Gasteiger charge is 2.42. The van der Waals surface area contributed by atoms with Gasteiger partial charge in [-0.1, -0.05) is 23.2 Å². The lowest BCUT2D eigenvalue weighted by molar-refractivity contribution is 0.580. The normalized spacial score (nSPS) is 17.4. The fraction of sp³-hybridized carbons (Fsp3) is 0.455. The second-order valence-electron chi connectivity index (χ2n) is 4.48. The molecule has 1 aromatic carbocycles. The smallest absolute Gasteiger partial charge is 0.242 e. The number of thioether (sulfide) groups is 1. The topological polar surface area (TPSA) is 72.2 Å².